The molecule has 1 aromatic rings. The molecule has 3 heteroatoms. The van der Waals surface area contributed by atoms with E-state index in [1.54, 1.807) is 0 Å². The molecule has 2 aliphatic rings. The van der Waals surface area contributed by atoms with Gasteiger partial charge in [-0.25, -0.2) is 0 Å². The fraction of sp³-hybridized carbons (Fsp3) is 0.333. The van der Waals surface area contributed by atoms with Gasteiger partial charge < -0.3 is 0 Å². The molecule has 18 heavy (non-hydrogen) atoms. The van der Waals surface area contributed by atoms with Crippen LogP contribution < -0.4 is 0 Å². The maximum Gasteiger partial charge on any atom is 0.0991 e. The van der Waals surface area contributed by atoms with E-state index in [0.717, 1.165) is 12.1 Å². The molecular formula is C15H15ClN2. The van der Waals surface area contributed by atoms with Crippen molar-refractivity contribution < 1.29 is 0 Å². The maximum absolute atomic E-state index is 8.81. The summed E-state index contributed by atoms with van der Waals surface area (Å²) in [4.78, 5) is 4.38. The van der Waals surface area contributed by atoms with Crippen LogP contribution in [0.4, 0.5) is 0 Å². The highest BCUT2D eigenvalue weighted by atomic mass is 35.5. The number of allylic oxidation sites excluding steroid dienone is 1. The number of benzene rings is 1. The lowest BCUT2D eigenvalue weighted by molar-refractivity contribution is 0.616. The molecule has 0 aromatic heterocycles. The molecule has 1 aliphatic heterocycles. The predicted molar refractivity (Wildman–Crippen MR) is 75.3 cm³/mol. The van der Waals surface area contributed by atoms with Gasteiger partial charge in [-0.3, -0.25) is 4.99 Å². The third kappa shape index (κ3) is 1.95. The summed E-state index contributed by atoms with van der Waals surface area (Å²) in [6, 6.07) is 10.1. The van der Waals surface area contributed by atoms with Gasteiger partial charge in [-0.1, -0.05) is 19.1 Å². The molecule has 0 saturated heterocycles. The molecule has 1 aliphatic carbocycles. The number of nitrogens with zero attached hydrogens (tertiary/aromatic N) is 2. The van der Waals surface area contributed by atoms with Crippen molar-refractivity contribution in [2.75, 3.05) is 6.54 Å². The van der Waals surface area contributed by atoms with Crippen LogP contribution >= 0.6 is 12.4 Å². The Morgan fingerprint density at radius 1 is 1.28 bits per heavy atom. The standard InChI is InChI=1S/C15H14N2.ClH/c1-10-6-13(15-9-17-8-14(10)15)12-4-2-11(7-16)3-5-12;/h2-5,9-10,13H,6,8H2,1H3;1H. The zero-order chi connectivity index (χ0) is 11.8. The fourth-order valence-electron chi connectivity index (χ4n) is 2.90. The van der Waals surface area contributed by atoms with E-state index >= 15 is 0 Å². The van der Waals surface area contributed by atoms with Gasteiger partial charge in [0.1, 0.15) is 0 Å². The Balaban J connectivity index is 0.00000120. The molecule has 0 amide bonds. The number of nitriles is 1. The highest BCUT2D eigenvalue weighted by Gasteiger charge is 2.32. The number of rotatable bonds is 1. The Hall–Kier alpha value is -1.59. The van der Waals surface area contributed by atoms with Crippen molar-refractivity contribution in [1.82, 2.24) is 0 Å². The van der Waals surface area contributed by atoms with Crippen LogP contribution in [0.15, 0.2) is 40.4 Å². The zero-order valence-electron chi connectivity index (χ0n) is 10.3. The van der Waals surface area contributed by atoms with E-state index < -0.39 is 0 Å². The summed E-state index contributed by atoms with van der Waals surface area (Å²) in [5, 5.41) is 8.81. The summed E-state index contributed by atoms with van der Waals surface area (Å²) < 4.78 is 0. The van der Waals surface area contributed by atoms with Gasteiger partial charge in [-0.2, -0.15) is 5.26 Å². The average molecular weight is 259 g/mol. The lowest BCUT2D eigenvalue weighted by Gasteiger charge is -2.13. The van der Waals surface area contributed by atoms with Gasteiger partial charge in [-0.15, -0.1) is 12.4 Å². The number of hydrogen-bond donors (Lipinski definition) is 0. The summed E-state index contributed by atoms with van der Waals surface area (Å²) in [6.45, 7) is 3.18. The second-order valence-electron chi connectivity index (χ2n) is 4.87. The average Bonchev–Trinajstić information content (AvgIpc) is 2.94. The van der Waals surface area contributed by atoms with Crippen molar-refractivity contribution in [3.63, 3.8) is 0 Å². The molecule has 1 aromatic carbocycles. The van der Waals surface area contributed by atoms with E-state index in [1.165, 1.54) is 23.1 Å². The molecule has 0 fully saturated rings. The fourth-order valence-corrected chi connectivity index (χ4v) is 2.90. The Labute approximate surface area is 113 Å². The van der Waals surface area contributed by atoms with Crippen molar-refractivity contribution in [3.8, 4) is 6.07 Å². The van der Waals surface area contributed by atoms with Crippen LogP contribution in [0.25, 0.3) is 0 Å². The van der Waals surface area contributed by atoms with Crippen LogP contribution in [0, 0.1) is 17.2 Å². The van der Waals surface area contributed by atoms with Crippen molar-refractivity contribution in [2.24, 2.45) is 10.9 Å². The minimum absolute atomic E-state index is 0. The molecule has 0 spiro atoms. The van der Waals surface area contributed by atoms with Gasteiger partial charge in [0.15, 0.2) is 0 Å². The molecule has 2 atom stereocenters. The first kappa shape index (κ1) is 12.9. The van der Waals surface area contributed by atoms with Crippen LogP contribution in [0.1, 0.15) is 30.4 Å². The predicted octanol–water partition coefficient (Wildman–Crippen LogP) is 3.48. The minimum atomic E-state index is 0. The molecule has 0 bridgehead atoms. The van der Waals surface area contributed by atoms with E-state index in [1.807, 2.05) is 18.3 Å². The van der Waals surface area contributed by atoms with Crippen molar-refractivity contribution >= 4 is 18.6 Å². The Bertz CT molecular complexity index is 549. The van der Waals surface area contributed by atoms with Crippen LogP contribution in [0.3, 0.4) is 0 Å². The quantitative estimate of drug-likeness (QED) is 0.760. The Morgan fingerprint density at radius 3 is 2.67 bits per heavy atom. The zero-order valence-corrected chi connectivity index (χ0v) is 11.1. The minimum Gasteiger partial charge on any atom is -0.288 e. The number of halogens is 1. The van der Waals surface area contributed by atoms with E-state index in [9.17, 15) is 0 Å². The third-order valence-electron chi connectivity index (χ3n) is 3.86. The summed E-state index contributed by atoms with van der Waals surface area (Å²) in [5.41, 5.74) is 4.98. The van der Waals surface area contributed by atoms with E-state index in [4.69, 9.17) is 5.26 Å². The van der Waals surface area contributed by atoms with Crippen LogP contribution in [-0.4, -0.2) is 12.8 Å². The summed E-state index contributed by atoms with van der Waals surface area (Å²) in [6.07, 6.45) is 3.23. The van der Waals surface area contributed by atoms with Gasteiger partial charge in [0.25, 0.3) is 0 Å². The second kappa shape index (κ2) is 4.96. The van der Waals surface area contributed by atoms with Crippen LogP contribution in [0.2, 0.25) is 0 Å². The smallest absolute Gasteiger partial charge is 0.0991 e. The maximum atomic E-state index is 8.81. The first-order valence-electron chi connectivity index (χ1n) is 6.02. The summed E-state index contributed by atoms with van der Waals surface area (Å²) >= 11 is 0. The Morgan fingerprint density at radius 2 is 2.00 bits per heavy atom. The molecule has 2 unspecified atom stereocenters. The molecule has 2 nitrogen and oxygen atoms in total. The van der Waals surface area contributed by atoms with E-state index in [0.29, 0.717) is 11.8 Å². The largest absolute Gasteiger partial charge is 0.288 e. The topological polar surface area (TPSA) is 36.1 Å². The summed E-state index contributed by atoms with van der Waals surface area (Å²) in [7, 11) is 0. The Kier molecular flexibility index (Phi) is 3.54. The van der Waals surface area contributed by atoms with Gasteiger partial charge in [0.05, 0.1) is 18.2 Å². The molecule has 0 N–H and O–H groups in total. The lowest BCUT2D eigenvalue weighted by atomic mass is 9.91. The van der Waals surface area contributed by atoms with Crippen LogP contribution in [-0.2, 0) is 0 Å². The van der Waals surface area contributed by atoms with Crippen molar-refractivity contribution in [2.45, 2.75) is 19.3 Å². The van der Waals surface area contributed by atoms with Gasteiger partial charge in [-0.05, 0) is 41.2 Å². The van der Waals surface area contributed by atoms with Crippen molar-refractivity contribution in [1.29, 1.82) is 5.26 Å². The second-order valence-corrected chi connectivity index (χ2v) is 4.87. The first-order chi connectivity index (χ1) is 8.29. The molecular weight excluding hydrogens is 244 g/mol. The van der Waals surface area contributed by atoms with Crippen molar-refractivity contribution in [3.05, 3.63) is 46.5 Å². The van der Waals surface area contributed by atoms with Gasteiger partial charge in [0.2, 0.25) is 0 Å². The molecule has 0 saturated carbocycles. The summed E-state index contributed by atoms with van der Waals surface area (Å²) in [5.74, 6) is 1.13. The number of aliphatic imine (C=N–C) groups is 1. The third-order valence-corrected chi connectivity index (χ3v) is 3.86. The SMILES string of the molecule is CC1CC(c2ccc(C#N)cc2)C2=C1CN=C2.Cl. The monoisotopic (exact) mass is 258 g/mol. The lowest BCUT2D eigenvalue weighted by Crippen LogP contribution is -2.00. The van der Waals surface area contributed by atoms with E-state index in [-0.39, 0.29) is 12.4 Å². The molecule has 1 heterocycles. The van der Waals surface area contributed by atoms with E-state index in [2.05, 4.69) is 30.1 Å². The van der Waals surface area contributed by atoms with Gasteiger partial charge in [0, 0.05) is 12.1 Å². The van der Waals surface area contributed by atoms with Crippen LogP contribution in [0.5, 0.6) is 0 Å². The highest BCUT2D eigenvalue weighted by molar-refractivity contribution is 5.86. The normalized spacial score (nSPS) is 24.7. The first-order valence-corrected chi connectivity index (χ1v) is 6.02. The van der Waals surface area contributed by atoms with Gasteiger partial charge >= 0.3 is 0 Å². The molecule has 0 radical (unpaired) electrons. The molecule has 3 rings (SSSR count). The molecule has 92 valence electrons. The highest BCUT2D eigenvalue weighted by Crippen LogP contribution is 2.44. The number of hydrogen-bond acceptors (Lipinski definition) is 2.